The van der Waals surface area contributed by atoms with Crippen molar-refractivity contribution in [2.24, 2.45) is 0 Å². The molecule has 0 amide bonds. The van der Waals surface area contributed by atoms with Crippen molar-refractivity contribution < 1.29 is 4.74 Å². The highest BCUT2D eigenvalue weighted by molar-refractivity contribution is 5.76. The number of pyridine rings is 1. The molecule has 4 aromatic rings. The highest BCUT2D eigenvalue weighted by Crippen LogP contribution is 2.34. The quantitative estimate of drug-likeness (QED) is 0.487. The lowest BCUT2D eigenvalue weighted by Gasteiger charge is -2.24. The highest BCUT2D eigenvalue weighted by Gasteiger charge is 2.23. The van der Waals surface area contributed by atoms with Gasteiger partial charge in [-0.2, -0.15) is 4.98 Å². The predicted octanol–water partition coefficient (Wildman–Crippen LogP) is 4.98. The highest BCUT2D eigenvalue weighted by atomic mass is 16.5. The first-order chi connectivity index (χ1) is 14.3. The molecule has 0 saturated heterocycles. The molecule has 0 radical (unpaired) electrons. The van der Waals surface area contributed by atoms with Gasteiger partial charge in [-0.3, -0.25) is 4.98 Å². The van der Waals surface area contributed by atoms with Gasteiger partial charge < -0.3 is 9.64 Å². The van der Waals surface area contributed by atoms with Crippen LogP contribution in [0.2, 0.25) is 0 Å². The van der Waals surface area contributed by atoms with Gasteiger partial charge in [-0.05, 0) is 54.3 Å². The molecule has 2 aromatic heterocycles. The smallest absolute Gasteiger partial charge is 0.322 e. The number of fused-ring (bicyclic) bond motifs is 2. The van der Waals surface area contributed by atoms with Crippen LogP contribution in [0.4, 0.5) is 5.69 Å². The number of anilines is 1. The maximum Gasteiger partial charge on any atom is 0.322 e. The minimum absolute atomic E-state index is 0.328. The Bertz CT molecular complexity index is 1140. The van der Waals surface area contributed by atoms with Crippen molar-refractivity contribution in [3.05, 3.63) is 84.3 Å². The number of likely N-dealkylation sites (N-methyl/N-ethyl adjacent to an activating group) is 1. The largest absolute Gasteiger partial charge is 0.424 e. The van der Waals surface area contributed by atoms with Crippen molar-refractivity contribution in [3.63, 3.8) is 0 Å². The van der Waals surface area contributed by atoms with Crippen LogP contribution in [-0.2, 0) is 6.42 Å². The van der Waals surface area contributed by atoms with Gasteiger partial charge in [-0.25, -0.2) is 4.98 Å². The fourth-order valence-corrected chi connectivity index (χ4v) is 4.05. The maximum atomic E-state index is 5.83. The number of rotatable bonds is 5. The van der Waals surface area contributed by atoms with Gasteiger partial charge in [0, 0.05) is 43.0 Å². The summed E-state index contributed by atoms with van der Waals surface area (Å²) < 4.78 is 5.83. The van der Waals surface area contributed by atoms with Crippen molar-refractivity contribution in [1.29, 1.82) is 0 Å². The van der Waals surface area contributed by atoms with Crippen molar-refractivity contribution >= 4 is 16.6 Å². The molecule has 2 heterocycles. The van der Waals surface area contributed by atoms with Crippen molar-refractivity contribution in [2.45, 2.75) is 18.8 Å². The zero-order valence-corrected chi connectivity index (χ0v) is 16.3. The van der Waals surface area contributed by atoms with E-state index >= 15 is 0 Å². The Balaban J connectivity index is 1.27. The third-order valence-electron chi connectivity index (χ3n) is 5.60. The number of ether oxygens (including phenoxy) is 1. The lowest BCUT2D eigenvalue weighted by Crippen LogP contribution is -2.23. The molecule has 0 saturated carbocycles. The van der Waals surface area contributed by atoms with E-state index in [1.165, 1.54) is 29.7 Å². The molecule has 2 aromatic carbocycles. The van der Waals surface area contributed by atoms with Gasteiger partial charge in [-0.1, -0.05) is 24.3 Å². The molecule has 0 aliphatic heterocycles. The fourth-order valence-electron chi connectivity index (χ4n) is 4.05. The van der Waals surface area contributed by atoms with Crippen LogP contribution in [0.15, 0.2) is 73.2 Å². The van der Waals surface area contributed by atoms with E-state index in [-0.39, 0.29) is 0 Å². The van der Waals surface area contributed by atoms with E-state index < -0.39 is 0 Å². The molecule has 0 N–H and O–H groups in total. The van der Waals surface area contributed by atoms with Crippen LogP contribution in [0.1, 0.15) is 23.5 Å². The second kappa shape index (κ2) is 7.51. The predicted molar refractivity (Wildman–Crippen MR) is 115 cm³/mol. The molecular weight excluding hydrogens is 360 g/mol. The van der Waals surface area contributed by atoms with E-state index in [1.807, 2.05) is 18.2 Å². The second-order valence-electron chi connectivity index (χ2n) is 7.50. The first-order valence-electron chi connectivity index (χ1n) is 9.90. The molecule has 1 unspecified atom stereocenters. The summed E-state index contributed by atoms with van der Waals surface area (Å²) in [6.45, 7) is 1.01. The summed E-state index contributed by atoms with van der Waals surface area (Å²) in [7, 11) is 2.15. The number of hydrogen-bond donors (Lipinski definition) is 0. The van der Waals surface area contributed by atoms with Gasteiger partial charge in [0.25, 0.3) is 0 Å². The van der Waals surface area contributed by atoms with E-state index in [9.17, 15) is 0 Å². The Hall–Kier alpha value is -3.47. The topological polar surface area (TPSA) is 51.1 Å². The molecule has 5 nitrogen and oxygen atoms in total. The summed E-state index contributed by atoms with van der Waals surface area (Å²) in [4.78, 5) is 15.1. The van der Waals surface area contributed by atoms with Crippen LogP contribution in [0, 0.1) is 0 Å². The molecular formula is C24H22N4O. The first-order valence-corrected chi connectivity index (χ1v) is 9.90. The Morgan fingerprint density at radius 1 is 1.03 bits per heavy atom. The molecule has 1 aliphatic rings. The summed E-state index contributed by atoms with van der Waals surface area (Å²) in [5.74, 6) is 1.31. The van der Waals surface area contributed by atoms with Crippen molar-refractivity contribution in [1.82, 2.24) is 15.0 Å². The summed E-state index contributed by atoms with van der Waals surface area (Å²) >= 11 is 0. The maximum absolute atomic E-state index is 5.83. The van der Waals surface area contributed by atoms with Gasteiger partial charge in [0.1, 0.15) is 5.75 Å². The molecule has 0 bridgehead atoms. The fraction of sp³-hybridized carbons (Fsp3) is 0.208. The Morgan fingerprint density at radius 2 is 1.90 bits per heavy atom. The van der Waals surface area contributed by atoms with Gasteiger partial charge >= 0.3 is 6.01 Å². The van der Waals surface area contributed by atoms with Gasteiger partial charge in [-0.15, -0.1) is 0 Å². The van der Waals surface area contributed by atoms with Gasteiger partial charge in [0.15, 0.2) is 0 Å². The van der Waals surface area contributed by atoms with E-state index in [0.29, 0.717) is 11.9 Å². The number of nitrogens with zero attached hydrogens (tertiary/aromatic N) is 4. The Labute approximate surface area is 170 Å². The number of hydrogen-bond acceptors (Lipinski definition) is 5. The summed E-state index contributed by atoms with van der Waals surface area (Å²) in [6, 6.07) is 19.1. The third kappa shape index (κ3) is 3.63. The van der Waals surface area contributed by atoms with E-state index in [2.05, 4.69) is 63.3 Å². The normalized spacial score (nSPS) is 15.3. The van der Waals surface area contributed by atoms with E-state index in [0.717, 1.165) is 23.2 Å². The average Bonchev–Trinajstić information content (AvgIpc) is 3.17. The first kappa shape index (κ1) is 17.6. The van der Waals surface area contributed by atoms with Crippen molar-refractivity contribution in [2.75, 3.05) is 18.5 Å². The molecule has 1 atom stereocenters. The summed E-state index contributed by atoms with van der Waals surface area (Å²) in [5, 5.41) is 0.942. The molecule has 29 heavy (non-hydrogen) atoms. The minimum Gasteiger partial charge on any atom is -0.424 e. The number of benzene rings is 2. The van der Waals surface area contributed by atoms with E-state index in [1.54, 1.807) is 18.6 Å². The standard InChI is InChI=1S/C24H22N4O/c1-28(16-19-7-6-17-4-2-3-5-22(17)19)20-8-10-21(11-9-20)29-24-26-14-18-12-13-25-15-23(18)27-24/h2-5,8-15,19H,6-7,16H2,1H3. The van der Waals surface area contributed by atoms with Crippen LogP contribution in [-0.4, -0.2) is 28.5 Å². The molecule has 144 valence electrons. The van der Waals surface area contributed by atoms with Crippen LogP contribution in [0.25, 0.3) is 10.9 Å². The minimum atomic E-state index is 0.328. The van der Waals surface area contributed by atoms with Crippen LogP contribution in [0.5, 0.6) is 11.8 Å². The average molecular weight is 382 g/mol. The number of aromatic nitrogens is 3. The lowest BCUT2D eigenvalue weighted by atomic mass is 10.0. The van der Waals surface area contributed by atoms with Gasteiger partial charge in [0.2, 0.25) is 0 Å². The second-order valence-corrected chi connectivity index (χ2v) is 7.50. The van der Waals surface area contributed by atoms with Crippen LogP contribution >= 0.6 is 0 Å². The molecule has 0 fully saturated rings. The van der Waals surface area contributed by atoms with Crippen LogP contribution in [0.3, 0.4) is 0 Å². The van der Waals surface area contributed by atoms with Crippen LogP contribution < -0.4 is 9.64 Å². The summed E-state index contributed by atoms with van der Waals surface area (Å²) in [5.41, 5.74) is 4.94. The van der Waals surface area contributed by atoms with Crippen molar-refractivity contribution in [3.8, 4) is 11.8 Å². The molecule has 5 rings (SSSR count). The van der Waals surface area contributed by atoms with E-state index in [4.69, 9.17) is 4.74 Å². The third-order valence-corrected chi connectivity index (χ3v) is 5.60. The SMILES string of the molecule is CN(CC1CCc2ccccc21)c1ccc(Oc2ncc3ccncc3n2)cc1. The Kier molecular flexibility index (Phi) is 4.56. The zero-order valence-electron chi connectivity index (χ0n) is 16.3. The Morgan fingerprint density at radius 3 is 2.79 bits per heavy atom. The lowest BCUT2D eigenvalue weighted by molar-refractivity contribution is 0.444. The molecule has 1 aliphatic carbocycles. The summed E-state index contributed by atoms with van der Waals surface area (Å²) in [6.07, 6.45) is 7.59. The number of aryl methyl sites for hydroxylation is 1. The molecule has 0 spiro atoms. The molecule has 5 heteroatoms. The zero-order chi connectivity index (χ0) is 19.6. The van der Waals surface area contributed by atoms with Gasteiger partial charge in [0.05, 0.1) is 11.7 Å². The monoisotopic (exact) mass is 382 g/mol.